The van der Waals surface area contributed by atoms with E-state index in [1.807, 2.05) is 0 Å². The van der Waals surface area contributed by atoms with Gasteiger partial charge in [-0.2, -0.15) is 0 Å². The van der Waals surface area contributed by atoms with Gasteiger partial charge in [0.15, 0.2) is 0 Å². The summed E-state index contributed by atoms with van der Waals surface area (Å²) in [4.78, 5) is 0. The van der Waals surface area contributed by atoms with Crippen molar-refractivity contribution in [2.75, 3.05) is 0 Å². The van der Waals surface area contributed by atoms with Crippen molar-refractivity contribution >= 4 is 0 Å². The Morgan fingerprint density at radius 2 is 2.00 bits per heavy atom. The van der Waals surface area contributed by atoms with Gasteiger partial charge in [-0.25, -0.2) is 0 Å². The van der Waals surface area contributed by atoms with Crippen LogP contribution in [0.3, 0.4) is 0 Å². The monoisotopic (exact) mass is 212 g/mol. The van der Waals surface area contributed by atoms with Gasteiger partial charge in [0.05, 0.1) is 0 Å². The highest BCUT2D eigenvalue weighted by Crippen LogP contribution is 2.27. The third kappa shape index (κ3) is 4.98. The molecule has 1 aliphatic rings. The highest BCUT2D eigenvalue weighted by molar-refractivity contribution is 4.81. The first kappa shape index (κ1) is 13.0. The molecule has 0 spiro atoms. The molecule has 90 valence electrons. The normalized spacial score (nSPS) is 29.0. The molecule has 0 aliphatic heterocycles. The molecule has 0 aromatic rings. The molecule has 1 saturated carbocycles. The standard InChI is InChI=1S/C13H28N2/c1-2-3-4-5-9-13(15)11-7-6-8-12(14)10-11/h11-13H,2-10,14-15H2,1H3. The fraction of sp³-hybridized carbons (Fsp3) is 1.00. The van der Waals surface area contributed by atoms with E-state index in [0.717, 1.165) is 6.42 Å². The second-order valence-corrected chi connectivity index (χ2v) is 5.20. The second kappa shape index (κ2) is 7.24. The van der Waals surface area contributed by atoms with Crippen LogP contribution in [0.5, 0.6) is 0 Å². The van der Waals surface area contributed by atoms with Crippen LogP contribution in [0, 0.1) is 5.92 Å². The van der Waals surface area contributed by atoms with E-state index < -0.39 is 0 Å². The molecule has 2 heteroatoms. The summed E-state index contributed by atoms with van der Waals surface area (Å²) in [6.45, 7) is 2.25. The number of unbranched alkanes of at least 4 members (excludes halogenated alkanes) is 3. The Hall–Kier alpha value is -0.0800. The van der Waals surface area contributed by atoms with Gasteiger partial charge in [-0.05, 0) is 31.6 Å². The van der Waals surface area contributed by atoms with E-state index in [-0.39, 0.29) is 0 Å². The lowest BCUT2D eigenvalue weighted by molar-refractivity contribution is 0.266. The van der Waals surface area contributed by atoms with E-state index in [2.05, 4.69) is 6.92 Å². The molecule has 3 unspecified atom stereocenters. The summed E-state index contributed by atoms with van der Waals surface area (Å²) in [6, 6.07) is 0.832. The van der Waals surface area contributed by atoms with Gasteiger partial charge in [0, 0.05) is 12.1 Å². The van der Waals surface area contributed by atoms with Gasteiger partial charge >= 0.3 is 0 Å². The summed E-state index contributed by atoms with van der Waals surface area (Å²) in [5.41, 5.74) is 12.2. The molecule has 0 aromatic carbocycles. The van der Waals surface area contributed by atoms with Crippen molar-refractivity contribution in [3.63, 3.8) is 0 Å². The summed E-state index contributed by atoms with van der Waals surface area (Å²) in [6.07, 6.45) is 11.5. The Morgan fingerprint density at radius 3 is 2.67 bits per heavy atom. The zero-order valence-electron chi connectivity index (χ0n) is 10.3. The molecule has 1 aliphatic carbocycles. The van der Waals surface area contributed by atoms with Crippen molar-refractivity contribution in [1.29, 1.82) is 0 Å². The molecular formula is C13H28N2. The molecule has 2 nitrogen and oxygen atoms in total. The molecule has 0 saturated heterocycles. The van der Waals surface area contributed by atoms with Crippen LogP contribution in [0.4, 0.5) is 0 Å². The van der Waals surface area contributed by atoms with Crippen molar-refractivity contribution in [2.45, 2.75) is 76.8 Å². The maximum absolute atomic E-state index is 6.24. The first-order chi connectivity index (χ1) is 7.24. The van der Waals surface area contributed by atoms with Crippen molar-refractivity contribution in [1.82, 2.24) is 0 Å². The van der Waals surface area contributed by atoms with Crippen LogP contribution in [-0.2, 0) is 0 Å². The third-order valence-corrected chi connectivity index (χ3v) is 3.75. The van der Waals surface area contributed by atoms with Gasteiger partial charge in [0.1, 0.15) is 0 Å². The van der Waals surface area contributed by atoms with E-state index in [1.165, 1.54) is 51.4 Å². The first-order valence-corrected chi connectivity index (χ1v) is 6.75. The minimum Gasteiger partial charge on any atom is -0.328 e. The van der Waals surface area contributed by atoms with Crippen LogP contribution >= 0.6 is 0 Å². The zero-order chi connectivity index (χ0) is 11.1. The zero-order valence-corrected chi connectivity index (χ0v) is 10.3. The predicted octanol–water partition coefficient (Wildman–Crippen LogP) is 2.80. The maximum Gasteiger partial charge on any atom is 0.00677 e. The lowest BCUT2D eigenvalue weighted by Crippen LogP contribution is -2.38. The molecule has 3 atom stereocenters. The van der Waals surface area contributed by atoms with Gasteiger partial charge in [-0.15, -0.1) is 0 Å². The van der Waals surface area contributed by atoms with Gasteiger partial charge < -0.3 is 11.5 Å². The fourth-order valence-electron chi connectivity index (χ4n) is 2.70. The molecule has 0 aromatic heterocycles. The third-order valence-electron chi connectivity index (χ3n) is 3.75. The second-order valence-electron chi connectivity index (χ2n) is 5.20. The highest BCUT2D eigenvalue weighted by Gasteiger charge is 2.23. The molecule has 0 heterocycles. The summed E-state index contributed by atoms with van der Waals surface area (Å²) >= 11 is 0. The number of rotatable bonds is 6. The van der Waals surface area contributed by atoms with Gasteiger partial charge in [-0.3, -0.25) is 0 Å². The van der Waals surface area contributed by atoms with Crippen molar-refractivity contribution in [3.05, 3.63) is 0 Å². The topological polar surface area (TPSA) is 52.0 Å². The van der Waals surface area contributed by atoms with Crippen LogP contribution in [0.2, 0.25) is 0 Å². The van der Waals surface area contributed by atoms with E-state index in [0.29, 0.717) is 18.0 Å². The summed E-state index contributed by atoms with van der Waals surface area (Å²) in [7, 11) is 0. The van der Waals surface area contributed by atoms with Gasteiger partial charge in [-0.1, -0.05) is 39.0 Å². The number of hydrogen-bond acceptors (Lipinski definition) is 2. The van der Waals surface area contributed by atoms with Crippen LogP contribution in [0.1, 0.15) is 64.7 Å². The van der Waals surface area contributed by atoms with Crippen LogP contribution in [-0.4, -0.2) is 12.1 Å². The van der Waals surface area contributed by atoms with E-state index in [1.54, 1.807) is 0 Å². The van der Waals surface area contributed by atoms with Crippen LogP contribution in [0.25, 0.3) is 0 Å². The average Bonchev–Trinajstić information content (AvgIpc) is 2.24. The highest BCUT2D eigenvalue weighted by atomic mass is 14.7. The van der Waals surface area contributed by atoms with Crippen molar-refractivity contribution in [2.24, 2.45) is 17.4 Å². The Morgan fingerprint density at radius 1 is 1.20 bits per heavy atom. The Balaban J connectivity index is 2.12. The molecule has 0 radical (unpaired) electrons. The fourth-order valence-corrected chi connectivity index (χ4v) is 2.70. The molecular weight excluding hydrogens is 184 g/mol. The Bertz CT molecular complexity index is 159. The lowest BCUT2D eigenvalue weighted by atomic mass is 9.80. The van der Waals surface area contributed by atoms with E-state index in [9.17, 15) is 0 Å². The van der Waals surface area contributed by atoms with Gasteiger partial charge in [0.2, 0.25) is 0 Å². The average molecular weight is 212 g/mol. The molecule has 1 rings (SSSR count). The predicted molar refractivity (Wildman–Crippen MR) is 66.7 cm³/mol. The van der Waals surface area contributed by atoms with Crippen molar-refractivity contribution < 1.29 is 0 Å². The van der Waals surface area contributed by atoms with Crippen LogP contribution < -0.4 is 11.5 Å². The SMILES string of the molecule is CCCCCCC(N)C1CCCC(N)C1. The van der Waals surface area contributed by atoms with Crippen molar-refractivity contribution in [3.8, 4) is 0 Å². The Kier molecular flexibility index (Phi) is 6.26. The summed E-state index contributed by atoms with van der Waals surface area (Å²) < 4.78 is 0. The molecule has 1 fully saturated rings. The first-order valence-electron chi connectivity index (χ1n) is 6.75. The quantitative estimate of drug-likeness (QED) is 0.665. The van der Waals surface area contributed by atoms with E-state index >= 15 is 0 Å². The maximum atomic E-state index is 6.24. The molecule has 15 heavy (non-hydrogen) atoms. The summed E-state index contributed by atoms with van der Waals surface area (Å²) in [5, 5.41) is 0. The minimum atomic E-state index is 0.410. The number of nitrogens with two attached hydrogens (primary N) is 2. The minimum absolute atomic E-state index is 0.410. The Labute approximate surface area is 94.8 Å². The van der Waals surface area contributed by atoms with E-state index in [4.69, 9.17) is 11.5 Å². The lowest BCUT2D eigenvalue weighted by Gasteiger charge is -2.31. The number of hydrogen-bond donors (Lipinski definition) is 2. The smallest absolute Gasteiger partial charge is 0.00677 e. The summed E-state index contributed by atoms with van der Waals surface area (Å²) in [5.74, 6) is 0.704. The molecule has 0 amide bonds. The molecule has 4 N–H and O–H groups in total. The van der Waals surface area contributed by atoms with Crippen LogP contribution in [0.15, 0.2) is 0 Å². The van der Waals surface area contributed by atoms with Gasteiger partial charge in [0.25, 0.3) is 0 Å². The molecule has 0 bridgehead atoms. The largest absolute Gasteiger partial charge is 0.328 e.